The van der Waals surface area contributed by atoms with Crippen molar-refractivity contribution in [3.8, 4) is 18.1 Å². The highest BCUT2D eigenvalue weighted by Crippen LogP contribution is 2.20. The molecule has 0 fully saturated rings. The lowest BCUT2D eigenvalue weighted by molar-refractivity contribution is -0.139. The Morgan fingerprint density at radius 3 is 2.50 bits per heavy atom. The summed E-state index contributed by atoms with van der Waals surface area (Å²) >= 11 is 0. The van der Waals surface area contributed by atoms with Crippen LogP contribution in [0, 0.1) is 12.3 Å². The predicted molar refractivity (Wildman–Crippen MR) is 95.0 cm³/mol. The first-order valence-corrected chi connectivity index (χ1v) is 7.63. The van der Waals surface area contributed by atoms with E-state index in [1.54, 1.807) is 7.11 Å². The zero-order valence-electron chi connectivity index (χ0n) is 14.0. The molecular weight excluding hydrogens is 302 g/mol. The van der Waals surface area contributed by atoms with Gasteiger partial charge in [0.1, 0.15) is 5.75 Å². The largest absolute Gasteiger partial charge is 0.497 e. The second-order valence-corrected chi connectivity index (χ2v) is 5.33. The van der Waals surface area contributed by atoms with Gasteiger partial charge in [-0.25, -0.2) is 0 Å². The quantitative estimate of drug-likeness (QED) is 0.580. The topological polar surface area (TPSA) is 38.8 Å². The Hall–Kier alpha value is -2.93. The van der Waals surface area contributed by atoms with Crippen LogP contribution >= 0.6 is 0 Å². The Labute approximate surface area is 143 Å². The molecule has 2 rings (SSSR count). The molecule has 24 heavy (non-hydrogen) atoms. The van der Waals surface area contributed by atoms with Crippen LogP contribution in [0.25, 0.3) is 0 Å². The number of esters is 1. The average molecular weight is 323 g/mol. The highest BCUT2D eigenvalue weighted by atomic mass is 16.5. The average Bonchev–Trinajstić information content (AvgIpc) is 2.62. The molecule has 0 spiro atoms. The van der Waals surface area contributed by atoms with Crippen LogP contribution in [0.15, 0.2) is 48.5 Å². The third-order valence-electron chi connectivity index (χ3n) is 3.67. The minimum atomic E-state index is -0.250. The summed E-state index contributed by atoms with van der Waals surface area (Å²) in [6.45, 7) is 1.17. The Morgan fingerprint density at radius 1 is 1.12 bits per heavy atom. The first-order chi connectivity index (χ1) is 11.7. The van der Waals surface area contributed by atoms with Crippen molar-refractivity contribution in [2.75, 3.05) is 25.7 Å². The van der Waals surface area contributed by atoms with E-state index >= 15 is 0 Å². The summed E-state index contributed by atoms with van der Waals surface area (Å²) in [5.41, 5.74) is 3.03. The Kier molecular flexibility index (Phi) is 6.27. The molecule has 0 bridgehead atoms. The summed E-state index contributed by atoms with van der Waals surface area (Å²) in [7, 11) is 3.04. The first-order valence-electron chi connectivity index (χ1n) is 7.63. The molecule has 2 aromatic carbocycles. The molecule has 0 aromatic heterocycles. The van der Waals surface area contributed by atoms with Gasteiger partial charge in [0.2, 0.25) is 0 Å². The highest BCUT2D eigenvalue weighted by molar-refractivity contribution is 5.72. The van der Waals surface area contributed by atoms with Crippen molar-refractivity contribution in [2.45, 2.75) is 13.0 Å². The number of ether oxygens (including phenoxy) is 2. The van der Waals surface area contributed by atoms with Crippen molar-refractivity contribution in [3.63, 3.8) is 0 Å². The molecule has 0 radical (unpaired) electrons. The van der Waals surface area contributed by atoms with Crippen molar-refractivity contribution in [2.24, 2.45) is 0 Å². The van der Waals surface area contributed by atoms with Gasteiger partial charge >= 0.3 is 5.97 Å². The molecule has 124 valence electrons. The summed E-state index contributed by atoms with van der Waals surface area (Å²) in [6, 6.07) is 15.7. The standard InChI is InChI=1S/C20H21NO3/c1-4-12-21(15-17-6-5-7-19(13-17)23-2)18-10-8-16(9-11-18)14-20(22)24-3/h1,5-11,13H,12,14-15H2,2-3H3. The number of terminal acetylenes is 1. The number of methoxy groups -OCH3 is 2. The number of carbonyl (C=O) groups is 1. The summed E-state index contributed by atoms with van der Waals surface area (Å²) < 4.78 is 9.95. The zero-order valence-corrected chi connectivity index (χ0v) is 14.0. The van der Waals surface area contributed by atoms with E-state index in [1.807, 2.05) is 48.5 Å². The predicted octanol–water partition coefficient (Wildman–Crippen LogP) is 3.05. The zero-order chi connectivity index (χ0) is 17.4. The Balaban J connectivity index is 2.14. The van der Waals surface area contributed by atoms with Gasteiger partial charge in [-0.05, 0) is 35.4 Å². The van der Waals surface area contributed by atoms with E-state index in [4.69, 9.17) is 11.2 Å². The van der Waals surface area contributed by atoms with Crippen molar-refractivity contribution in [3.05, 3.63) is 59.7 Å². The van der Waals surface area contributed by atoms with Crippen LogP contribution in [0.2, 0.25) is 0 Å². The maximum atomic E-state index is 11.3. The van der Waals surface area contributed by atoms with E-state index in [2.05, 4.69) is 15.6 Å². The summed E-state index contributed by atoms with van der Waals surface area (Å²) in [5, 5.41) is 0. The van der Waals surface area contributed by atoms with E-state index in [0.29, 0.717) is 13.1 Å². The minimum Gasteiger partial charge on any atom is -0.497 e. The molecule has 0 N–H and O–H groups in total. The van der Waals surface area contributed by atoms with Gasteiger partial charge in [0.25, 0.3) is 0 Å². The molecule has 4 nitrogen and oxygen atoms in total. The number of rotatable bonds is 7. The maximum Gasteiger partial charge on any atom is 0.309 e. The summed E-state index contributed by atoms with van der Waals surface area (Å²) in [5.74, 6) is 3.26. The number of nitrogens with zero attached hydrogens (tertiary/aromatic N) is 1. The SMILES string of the molecule is C#CCN(Cc1cccc(OC)c1)c1ccc(CC(=O)OC)cc1. The molecule has 0 atom stereocenters. The van der Waals surface area contributed by atoms with Crippen LogP contribution in [0.5, 0.6) is 5.75 Å². The fraction of sp³-hybridized carbons (Fsp3) is 0.250. The number of hydrogen-bond donors (Lipinski definition) is 0. The molecule has 2 aromatic rings. The fourth-order valence-corrected chi connectivity index (χ4v) is 2.40. The van der Waals surface area contributed by atoms with Gasteiger partial charge in [0.15, 0.2) is 0 Å². The Morgan fingerprint density at radius 2 is 1.88 bits per heavy atom. The maximum absolute atomic E-state index is 11.3. The number of hydrogen-bond acceptors (Lipinski definition) is 4. The van der Waals surface area contributed by atoms with Gasteiger partial charge in [-0.15, -0.1) is 6.42 Å². The third kappa shape index (κ3) is 4.79. The lowest BCUT2D eigenvalue weighted by Crippen LogP contribution is -2.22. The summed E-state index contributed by atoms with van der Waals surface area (Å²) in [6.07, 6.45) is 5.78. The van der Waals surface area contributed by atoms with Crippen LogP contribution in [-0.4, -0.2) is 26.7 Å². The molecule has 0 aliphatic rings. The van der Waals surface area contributed by atoms with Crippen molar-refractivity contribution < 1.29 is 14.3 Å². The summed E-state index contributed by atoms with van der Waals surface area (Å²) in [4.78, 5) is 13.4. The van der Waals surface area contributed by atoms with E-state index in [-0.39, 0.29) is 12.4 Å². The van der Waals surface area contributed by atoms with Gasteiger partial charge in [0.05, 0.1) is 27.2 Å². The van der Waals surface area contributed by atoms with E-state index in [9.17, 15) is 4.79 Å². The van der Waals surface area contributed by atoms with Crippen LogP contribution in [-0.2, 0) is 22.5 Å². The molecule has 0 saturated heterocycles. The van der Waals surface area contributed by atoms with Gasteiger partial charge in [-0.3, -0.25) is 4.79 Å². The Bertz CT molecular complexity index is 716. The molecule has 0 heterocycles. The lowest BCUT2D eigenvalue weighted by atomic mass is 10.1. The number of anilines is 1. The number of benzene rings is 2. The lowest BCUT2D eigenvalue weighted by Gasteiger charge is -2.23. The number of carbonyl (C=O) groups excluding carboxylic acids is 1. The van der Waals surface area contributed by atoms with Crippen LogP contribution in [0.3, 0.4) is 0 Å². The molecule has 0 aliphatic carbocycles. The molecule has 0 saturated carbocycles. The van der Waals surface area contributed by atoms with E-state index < -0.39 is 0 Å². The van der Waals surface area contributed by atoms with Crippen LogP contribution in [0.4, 0.5) is 5.69 Å². The van der Waals surface area contributed by atoms with Crippen molar-refractivity contribution >= 4 is 11.7 Å². The van der Waals surface area contributed by atoms with E-state index in [0.717, 1.165) is 22.6 Å². The van der Waals surface area contributed by atoms with Gasteiger partial charge in [0, 0.05) is 12.2 Å². The van der Waals surface area contributed by atoms with Crippen LogP contribution < -0.4 is 9.64 Å². The highest BCUT2D eigenvalue weighted by Gasteiger charge is 2.08. The van der Waals surface area contributed by atoms with Gasteiger partial charge in [-0.1, -0.05) is 30.2 Å². The normalized spacial score (nSPS) is 9.88. The minimum absolute atomic E-state index is 0.250. The van der Waals surface area contributed by atoms with Crippen LogP contribution in [0.1, 0.15) is 11.1 Å². The molecule has 0 unspecified atom stereocenters. The van der Waals surface area contributed by atoms with Crippen molar-refractivity contribution in [1.82, 2.24) is 0 Å². The van der Waals surface area contributed by atoms with E-state index in [1.165, 1.54) is 7.11 Å². The molecular formula is C20H21NO3. The molecule has 0 amide bonds. The monoisotopic (exact) mass is 323 g/mol. The molecule has 0 aliphatic heterocycles. The fourth-order valence-electron chi connectivity index (χ4n) is 2.40. The second-order valence-electron chi connectivity index (χ2n) is 5.33. The van der Waals surface area contributed by atoms with Crippen molar-refractivity contribution in [1.29, 1.82) is 0 Å². The third-order valence-corrected chi connectivity index (χ3v) is 3.67. The molecule has 4 heteroatoms. The second kappa shape index (κ2) is 8.64. The van der Waals surface area contributed by atoms with Gasteiger partial charge < -0.3 is 14.4 Å². The smallest absolute Gasteiger partial charge is 0.309 e. The van der Waals surface area contributed by atoms with Gasteiger partial charge in [-0.2, -0.15) is 0 Å². The first kappa shape index (κ1) is 17.4.